The quantitative estimate of drug-likeness (QED) is 0.277. The third-order valence-corrected chi connectivity index (χ3v) is 12.5. The van der Waals surface area contributed by atoms with Gasteiger partial charge in [-0.25, -0.2) is 0 Å². The Morgan fingerprint density at radius 1 is 0.609 bits per heavy atom. The molecule has 130 valence electrons. The van der Waals surface area contributed by atoms with Crippen molar-refractivity contribution < 1.29 is 0 Å². The average molecular weight is 333 g/mol. The van der Waals surface area contributed by atoms with E-state index in [0.29, 0.717) is 0 Å². The smallest absolute Gasteiger partial charge is 0.0737 e. The van der Waals surface area contributed by atoms with Crippen molar-refractivity contribution in [3.63, 3.8) is 0 Å². The predicted molar refractivity (Wildman–Crippen MR) is 108 cm³/mol. The molecule has 4 bridgehead atoms. The molecule has 0 spiro atoms. The largest absolute Gasteiger partial charge is 0.146 e. The van der Waals surface area contributed by atoms with Gasteiger partial charge in [-0.1, -0.05) is 69.3 Å². The maximum atomic E-state index is 1.69. The molecule has 0 saturated carbocycles. The van der Waals surface area contributed by atoms with Crippen LogP contribution >= 0.6 is 7.92 Å². The zero-order chi connectivity index (χ0) is 15.5. The van der Waals surface area contributed by atoms with Crippen molar-refractivity contribution in [1.82, 2.24) is 0 Å². The average Bonchev–Trinajstić information content (AvgIpc) is 2.54. The van der Waals surface area contributed by atoms with Crippen LogP contribution in [0.15, 0.2) is 0 Å². The van der Waals surface area contributed by atoms with Crippen LogP contribution in [-0.4, -0.2) is 24.2 Å². The minimum Gasteiger partial charge on any atom is -0.0737 e. The maximum absolute atomic E-state index is 1.69. The summed E-state index contributed by atoms with van der Waals surface area (Å²) in [6, 6.07) is 0. The first-order valence-electron chi connectivity index (χ1n) is 11.3. The normalized spacial score (nSPS) is 40.2. The Morgan fingerprint density at radius 2 is 1.13 bits per heavy atom. The van der Waals surface area contributed by atoms with E-state index in [0.717, 1.165) is 18.3 Å². The van der Waals surface area contributed by atoms with E-state index < -0.39 is 0 Å². The van der Waals surface area contributed by atoms with Gasteiger partial charge in [0.2, 0.25) is 0 Å². The van der Waals surface area contributed by atoms with Gasteiger partial charge in [0.25, 0.3) is 0 Å². The van der Waals surface area contributed by atoms with E-state index in [9.17, 15) is 0 Å². The van der Waals surface area contributed by atoms with Gasteiger partial charge in [-0.15, -0.1) is 0 Å². The Morgan fingerprint density at radius 3 is 1.70 bits per heavy atom. The van der Waals surface area contributed by atoms with Crippen LogP contribution in [0.3, 0.4) is 0 Å². The number of unbranched alkanes of at least 4 members (excludes halogenated alkanes) is 2. The van der Waals surface area contributed by atoms with E-state index in [1.807, 2.05) is 0 Å². The van der Waals surface area contributed by atoms with Crippen molar-refractivity contribution in [1.29, 1.82) is 0 Å². The van der Waals surface area contributed by atoms with Crippen molar-refractivity contribution in [3.05, 3.63) is 0 Å². The highest BCUT2D eigenvalue weighted by Crippen LogP contribution is 2.59. The third kappa shape index (κ3) is 4.02. The molecule has 4 saturated heterocycles. The molecule has 0 unspecified atom stereocenters. The number of hydrogen-bond acceptors (Lipinski definition) is 0. The molecule has 0 aromatic rings. The third-order valence-electron chi connectivity index (χ3n) is 8.27. The van der Waals surface area contributed by atoms with Gasteiger partial charge in [-0.2, -0.15) is 0 Å². The van der Waals surface area contributed by atoms with Crippen LogP contribution in [0.4, 0.5) is 0 Å². The van der Waals surface area contributed by atoms with Crippen LogP contribution in [0.1, 0.15) is 96.3 Å². The van der Waals surface area contributed by atoms with Crippen LogP contribution in [0.5, 0.6) is 0 Å². The minimum absolute atomic E-state index is 0.0523. The summed E-state index contributed by atoms with van der Waals surface area (Å²) < 4.78 is 0. The molecule has 0 aliphatic carbocycles. The van der Waals surface area contributed by atoms with Crippen molar-refractivity contribution in [2.45, 2.75) is 126 Å². The maximum Gasteiger partial charge on any atom is 0.146 e. The molecule has 0 nitrogen and oxygen atoms in total. The van der Waals surface area contributed by atoms with E-state index >= 15 is 0 Å². The van der Waals surface area contributed by atoms with Gasteiger partial charge < -0.3 is 0 Å². The van der Waals surface area contributed by atoms with Crippen molar-refractivity contribution in [2.75, 3.05) is 6.16 Å². The fourth-order valence-corrected chi connectivity index (χ4v) is 11.6. The van der Waals surface area contributed by atoms with E-state index in [1.54, 1.807) is 109 Å². The summed E-state index contributed by atoms with van der Waals surface area (Å²) in [5, 5.41) is 0. The van der Waals surface area contributed by atoms with Crippen LogP contribution in [-0.2, 0) is 0 Å². The molecule has 4 aliphatic heterocycles. The highest BCUT2D eigenvalue weighted by atomic mass is 31.1. The van der Waals surface area contributed by atoms with Crippen molar-refractivity contribution >= 4 is 14.6 Å². The molecule has 0 atom stereocenters. The van der Waals surface area contributed by atoms with E-state index in [-0.39, 0.29) is 7.92 Å². The first-order valence-corrected chi connectivity index (χ1v) is 13.1. The Kier molecular flexibility index (Phi) is 6.07. The second-order valence-corrected chi connectivity index (χ2v) is 12.8. The molecule has 23 heavy (non-hydrogen) atoms. The Balaban J connectivity index is 1.16. The van der Waals surface area contributed by atoms with Gasteiger partial charge >= 0.3 is 0 Å². The highest BCUT2D eigenvalue weighted by Gasteiger charge is 2.42. The molecule has 0 radical (unpaired) electrons. The molecular weight excluding hydrogens is 294 g/mol. The molecular formula is C21H39BP+. The summed E-state index contributed by atoms with van der Waals surface area (Å²) in [6.07, 6.45) is 27.1. The van der Waals surface area contributed by atoms with Gasteiger partial charge in [0, 0.05) is 7.92 Å². The Hall–Kier alpha value is 0.495. The molecule has 4 fully saturated rings. The van der Waals surface area contributed by atoms with Crippen molar-refractivity contribution in [2.24, 2.45) is 0 Å². The van der Waals surface area contributed by atoms with Crippen molar-refractivity contribution in [3.8, 4) is 0 Å². The number of fused-ring (bicyclic) bond motifs is 4. The second kappa shape index (κ2) is 8.25. The monoisotopic (exact) mass is 333 g/mol. The SMILES string of the molecule is C(CCB1C2CCCC1CCC2)CC[PH+]1C2CCCC1CCC2. The summed E-state index contributed by atoms with van der Waals surface area (Å²) in [4.78, 5) is 0. The Labute approximate surface area is 146 Å². The Bertz CT molecular complexity index is 293. The van der Waals surface area contributed by atoms with Gasteiger partial charge in [-0.3, -0.25) is 0 Å². The number of rotatable bonds is 6. The summed E-state index contributed by atoms with van der Waals surface area (Å²) in [7, 11) is 0.0523. The molecule has 0 aromatic heterocycles. The lowest BCUT2D eigenvalue weighted by atomic mass is 9.26. The highest BCUT2D eigenvalue weighted by molar-refractivity contribution is 7.59. The summed E-state index contributed by atoms with van der Waals surface area (Å²) >= 11 is 0. The predicted octanol–water partition coefficient (Wildman–Crippen LogP) is 7.08. The van der Waals surface area contributed by atoms with Gasteiger partial charge in [0.05, 0.1) is 17.5 Å². The lowest BCUT2D eigenvalue weighted by molar-refractivity contribution is 0.440. The van der Waals surface area contributed by atoms with Crippen LogP contribution in [0, 0.1) is 0 Å². The summed E-state index contributed by atoms with van der Waals surface area (Å²) in [5.74, 6) is 2.29. The minimum atomic E-state index is 0.0523. The standard InChI is InChI=1S/C21H38BP/c1(2-16-22-18-8-4-9-19(22)11-5-10-18)3-17-23-20-12-6-13-21(23)15-7-14-20/h18-21H,1-17H2/p+1. The van der Waals surface area contributed by atoms with Crippen LogP contribution in [0.25, 0.3) is 0 Å². The fraction of sp³-hybridized carbons (Fsp3) is 1.00. The van der Waals surface area contributed by atoms with E-state index in [2.05, 4.69) is 0 Å². The first kappa shape index (κ1) is 16.9. The zero-order valence-corrected chi connectivity index (χ0v) is 16.4. The molecule has 0 N–H and O–H groups in total. The van der Waals surface area contributed by atoms with Gasteiger partial charge in [-0.05, 0) is 44.9 Å². The molecule has 0 aromatic carbocycles. The first-order chi connectivity index (χ1) is 11.4. The molecule has 2 heteroatoms. The van der Waals surface area contributed by atoms with Gasteiger partial charge in [0.15, 0.2) is 0 Å². The lowest BCUT2D eigenvalue weighted by Crippen LogP contribution is -2.34. The number of hydrogen-bond donors (Lipinski definition) is 0. The molecule has 4 heterocycles. The van der Waals surface area contributed by atoms with Crippen LogP contribution < -0.4 is 0 Å². The summed E-state index contributed by atoms with van der Waals surface area (Å²) in [5.41, 5.74) is 2.48. The molecule has 4 rings (SSSR count). The second-order valence-electron chi connectivity index (χ2n) is 9.48. The topological polar surface area (TPSA) is 0 Å². The van der Waals surface area contributed by atoms with Crippen LogP contribution in [0.2, 0.25) is 18.0 Å². The summed E-state index contributed by atoms with van der Waals surface area (Å²) in [6.45, 7) is 1.15. The van der Waals surface area contributed by atoms with Gasteiger partial charge in [0.1, 0.15) is 6.71 Å². The lowest BCUT2D eigenvalue weighted by Gasteiger charge is -2.40. The zero-order valence-electron chi connectivity index (χ0n) is 15.4. The van der Waals surface area contributed by atoms with E-state index in [4.69, 9.17) is 0 Å². The fourth-order valence-electron chi connectivity index (χ4n) is 7.16. The molecule has 4 aliphatic rings. The van der Waals surface area contributed by atoms with E-state index in [1.165, 1.54) is 11.3 Å². The molecule has 0 amide bonds.